The van der Waals surface area contributed by atoms with Crippen molar-refractivity contribution in [3.63, 3.8) is 0 Å². The maximum Gasteiger partial charge on any atom is 0.331 e. The van der Waals surface area contributed by atoms with Gasteiger partial charge in [0, 0.05) is 6.08 Å². The molecule has 0 aromatic carbocycles. The molecule has 1 heterocycles. The SMILES string of the molecule is CC1=CC(=O)OC\C1=C/C=C(C)/C=C/C1=C(C)CCCC1(C)C. The molecule has 1 aliphatic carbocycles. The van der Waals surface area contributed by atoms with Crippen molar-refractivity contribution in [1.82, 2.24) is 0 Å². The van der Waals surface area contributed by atoms with Crippen molar-refractivity contribution in [2.45, 2.75) is 53.9 Å². The van der Waals surface area contributed by atoms with Crippen LogP contribution in [0.25, 0.3) is 0 Å². The van der Waals surface area contributed by atoms with E-state index in [1.54, 1.807) is 6.08 Å². The number of cyclic esters (lactones) is 1. The van der Waals surface area contributed by atoms with Gasteiger partial charge in [-0.3, -0.25) is 0 Å². The van der Waals surface area contributed by atoms with Gasteiger partial charge in [-0.1, -0.05) is 49.3 Å². The van der Waals surface area contributed by atoms with Crippen molar-refractivity contribution >= 4 is 5.97 Å². The van der Waals surface area contributed by atoms with Gasteiger partial charge in [0.05, 0.1) is 0 Å². The van der Waals surface area contributed by atoms with Gasteiger partial charge in [-0.15, -0.1) is 0 Å². The Morgan fingerprint density at radius 3 is 2.70 bits per heavy atom. The smallest absolute Gasteiger partial charge is 0.331 e. The Morgan fingerprint density at radius 2 is 2.04 bits per heavy atom. The number of hydrogen-bond donors (Lipinski definition) is 0. The van der Waals surface area contributed by atoms with Crippen molar-refractivity contribution in [2.75, 3.05) is 6.61 Å². The Hall–Kier alpha value is -1.83. The number of esters is 1. The molecule has 0 saturated carbocycles. The van der Waals surface area contributed by atoms with Gasteiger partial charge in [-0.05, 0) is 62.2 Å². The third-order valence-corrected chi connectivity index (χ3v) is 4.81. The average molecular weight is 312 g/mol. The molecule has 0 aromatic rings. The first kappa shape index (κ1) is 17.5. The summed E-state index contributed by atoms with van der Waals surface area (Å²) >= 11 is 0. The molecular weight excluding hydrogens is 284 g/mol. The molecule has 0 saturated heterocycles. The molecular formula is C21H28O2. The average Bonchev–Trinajstić information content (AvgIpc) is 2.45. The Kier molecular flexibility index (Phi) is 5.46. The molecule has 0 N–H and O–H groups in total. The Morgan fingerprint density at radius 1 is 1.30 bits per heavy atom. The lowest BCUT2D eigenvalue weighted by Crippen LogP contribution is -2.19. The van der Waals surface area contributed by atoms with Crippen molar-refractivity contribution < 1.29 is 9.53 Å². The molecule has 2 nitrogen and oxygen atoms in total. The van der Waals surface area contributed by atoms with E-state index in [0.29, 0.717) is 6.61 Å². The van der Waals surface area contributed by atoms with E-state index in [1.165, 1.54) is 36.0 Å². The predicted octanol–water partition coefficient (Wildman–Crippen LogP) is 5.45. The van der Waals surface area contributed by atoms with Crippen LogP contribution < -0.4 is 0 Å². The highest BCUT2D eigenvalue weighted by Crippen LogP contribution is 2.40. The van der Waals surface area contributed by atoms with E-state index in [2.05, 4.69) is 45.9 Å². The minimum Gasteiger partial charge on any atom is -0.458 e. The molecule has 0 spiro atoms. The molecule has 124 valence electrons. The highest BCUT2D eigenvalue weighted by molar-refractivity contribution is 5.85. The second kappa shape index (κ2) is 7.16. The topological polar surface area (TPSA) is 26.3 Å². The van der Waals surface area contributed by atoms with Crippen LogP contribution in [0.15, 0.2) is 58.2 Å². The van der Waals surface area contributed by atoms with E-state index in [4.69, 9.17) is 4.74 Å². The van der Waals surface area contributed by atoms with E-state index >= 15 is 0 Å². The fraction of sp³-hybridized carbons (Fsp3) is 0.476. The van der Waals surface area contributed by atoms with Crippen LogP contribution in [0.2, 0.25) is 0 Å². The van der Waals surface area contributed by atoms with Gasteiger partial charge in [0.1, 0.15) is 6.61 Å². The molecule has 0 fully saturated rings. The second-order valence-electron chi connectivity index (χ2n) is 7.30. The minimum atomic E-state index is -0.248. The predicted molar refractivity (Wildman–Crippen MR) is 96.0 cm³/mol. The van der Waals surface area contributed by atoms with Crippen molar-refractivity contribution in [3.05, 3.63) is 58.2 Å². The van der Waals surface area contributed by atoms with E-state index < -0.39 is 0 Å². The first-order chi connectivity index (χ1) is 10.8. The number of hydrogen-bond acceptors (Lipinski definition) is 2. The third kappa shape index (κ3) is 4.57. The lowest BCUT2D eigenvalue weighted by Gasteiger charge is -2.32. The van der Waals surface area contributed by atoms with Crippen LogP contribution >= 0.6 is 0 Å². The van der Waals surface area contributed by atoms with Crippen LogP contribution in [0.4, 0.5) is 0 Å². The lowest BCUT2D eigenvalue weighted by atomic mass is 9.72. The van der Waals surface area contributed by atoms with Gasteiger partial charge >= 0.3 is 5.97 Å². The summed E-state index contributed by atoms with van der Waals surface area (Å²) < 4.78 is 5.05. The standard InChI is InChI=1S/C21H28O2/c1-15(8-10-18-14-23-20(22)13-17(18)3)9-11-19-16(2)7-6-12-21(19,4)5/h8-11,13H,6-7,12,14H2,1-5H3/b11-9+,15-8+,18-10+. The maximum atomic E-state index is 11.2. The monoisotopic (exact) mass is 312 g/mol. The zero-order valence-electron chi connectivity index (χ0n) is 15.0. The number of ether oxygens (including phenoxy) is 1. The molecule has 1 aliphatic heterocycles. The lowest BCUT2D eigenvalue weighted by molar-refractivity contribution is -0.137. The van der Waals surface area contributed by atoms with E-state index in [0.717, 1.165) is 11.1 Å². The fourth-order valence-electron chi connectivity index (χ4n) is 3.27. The number of carbonyl (C=O) groups excluding carboxylic acids is 1. The summed E-state index contributed by atoms with van der Waals surface area (Å²) in [5, 5.41) is 0. The molecule has 0 amide bonds. The third-order valence-electron chi connectivity index (χ3n) is 4.81. The van der Waals surface area contributed by atoms with Crippen molar-refractivity contribution in [1.29, 1.82) is 0 Å². The van der Waals surface area contributed by atoms with Gasteiger partial charge in [-0.25, -0.2) is 4.79 Å². The summed E-state index contributed by atoms with van der Waals surface area (Å²) in [6.07, 6.45) is 13.9. The summed E-state index contributed by atoms with van der Waals surface area (Å²) in [6, 6.07) is 0. The minimum absolute atomic E-state index is 0.248. The zero-order valence-corrected chi connectivity index (χ0v) is 15.0. The first-order valence-electron chi connectivity index (χ1n) is 8.41. The van der Waals surface area contributed by atoms with E-state index in [1.807, 2.05) is 13.0 Å². The van der Waals surface area contributed by atoms with E-state index in [-0.39, 0.29) is 11.4 Å². The quantitative estimate of drug-likeness (QED) is 0.512. The van der Waals surface area contributed by atoms with Gasteiger partial charge in [0.25, 0.3) is 0 Å². The van der Waals surface area contributed by atoms with E-state index in [9.17, 15) is 4.79 Å². The summed E-state index contributed by atoms with van der Waals surface area (Å²) in [4.78, 5) is 11.2. The highest BCUT2D eigenvalue weighted by atomic mass is 16.5. The molecule has 2 aliphatic rings. The molecule has 2 rings (SSSR count). The van der Waals surface area contributed by atoms with Crippen LogP contribution in [0.3, 0.4) is 0 Å². The van der Waals surface area contributed by atoms with Gasteiger partial charge in [0.15, 0.2) is 0 Å². The molecule has 0 atom stereocenters. The van der Waals surface area contributed by atoms with Crippen LogP contribution in [0, 0.1) is 5.41 Å². The van der Waals surface area contributed by atoms with Crippen LogP contribution in [0.5, 0.6) is 0 Å². The molecule has 2 heteroatoms. The molecule has 0 bridgehead atoms. The summed E-state index contributed by atoms with van der Waals surface area (Å²) in [5.41, 5.74) is 6.51. The number of rotatable bonds is 3. The molecule has 23 heavy (non-hydrogen) atoms. The summed E-state index contributed by atoms with van der Waals surface area (Å²) in [6.45, 7) is 11.3. The molecule has 0 radical (unpaired) electrons. The Balaban J connectivity index is 2.14. The van der Waals surface area contributed by atoms with Crippen molar-refractivity contribution in [2.24, 2.45) is 5.41 Å². The second-order valence-corrected chi connectivity index (χ2v) is 7.30. The van der Waals surface area contributed by atoms with Crippen LogP contribution in [-0.2, 0) is 9.53 Å². The molecule has 0 aromatic heterocycles. The first-order valence-corrected chi connectivity index (χ1v) is 8.41. The van der Waals surface area contributed by atoms with Crippen molar-refractivity contribution in [3.8, 4) is 0 Å². The van der Waals surface area contributed by atoms with Gasteiger partial charge < -0.3 is 4.74 Å². The zero-order chi connectivity index (χ0) is 17.0. The highest BCUT2D eigenvalue weighted by Gasteiger charge is 2.26. The number of allylic oxidation sites excluding steroid dienone is 7. The molecule has 0 unspecified atom stereocenters. The van der Waals surface area contributed by atoms with Crippen LogP contribution in [-0.4, -0.2) is 12.6 Å². The van der Waals surface area contributed by atoms with Gasteiger partial charge in [-0.2, -0.15) is 0 Å². The fourth-order valence-corrected chi connectivity index (χ4v) is 3.27. The Labute approximate surface area is 140 Å². The van der Waals surface area contributed by atoms with Crippen LogP contribution in [0.1, 0.15) is 53.9 Å². The maximum absolute atomic E-state index is 11.2. The summed E-state index contributed by atoms with van der Waals surface area (Å²) in [7, 11) is 0. The van der Waals surface area contributed by atoms with Gasteiger partial charge in [0.2, 0.25) is 0 Å². The largest absolute Gasteiger partial charge is 0.458 e. The normalized spacial score (nSPS) is 24.2. The Bertz CT molecular complexity index is 637. The summed E-state index contributed by atoms with van der Waals surface area (Å²) in [5.74, 6) is -0.248. The number of carbonyl (C=O) groups is 1.